The van der Waals surface area contributed by atoms with E-state index in [9.17, 15) is 14.4 Å². The van der Waals surface area contributed by atoms with E-state index in [2.05, 4.69) is 22.1 Å². The average Bonchev–Trinajstić information content (AvgIpc) is 3.06. The smallest absolute Gasteiger partial charge is 0.257 e. The number of carbonyl (C=O) groups is 3. The summed E-state index contributed by atoms with van der Waals surface area (Å²) in [6, 6.07) is 18.1. The van der Waals surface area contributed by atoms with Crippen LogP contribution in [0.1, 0.15) is 42.6 Å². The van der Waals surface area contributed by atoms with Crippen LogP contribution in [-0.2, 0) is 16.1 Å². The molecule has 0 bridgehead atoms. The maximum absolute atomic E-state index is 13.5. The molecule has 1 aromatic heterocycles. The molecule has 0 unspecified atom stereocenters. The summed E-state index contributed by atoms with van der Waals surface area (Å²) in [5.41, 5.74) is 2.44. The van der Waals surface area contributed by atoms with Crippen LogP contribution >= 0.6 is 11.6 Å². The Kier molecular flexibility index (Phi) is 9.10. The minimum Gasteiger partial charge on any atom is -0.342 e. The SMILES string of the molecule is CCN(CCN(CC)C(=O)CCC(=O)N1c2ccccc2C(=O)Nc2cccnc21)Cc1ccc(Cl)cc1. The van der Waals surface area contributed by atoms with Gasteiger partial charge in [-0.1, -0.05) is 42.8 Å². The highest BCUT2D eigenvalue weighted by molar-refractivity contribution is 6.30. The second-order valence-corrected chi connectivity index (χ2v) is 9.48. The van der Waals surface area contributed by atoms with Crippen LogP contribution < -0.4 is 10.2 Å². The Hall–Kier alpha value is -3.75. The highest BCUT2D eigenvalue weighted by Crippen LogP contribution is 2.36. The largest absolute Gasteiger partial charge is 0.342 e. The van der Waals surface area contributed by atoms with Crippen molar-refractivity contribution < 1.29 is 14.4 Å². The summed E-state index contributed by atoms with van der Waals surface area (Å²) < 4.78 is 0. The Bertz CT molecular complexity index is 1300. The number of nitrogens with zero attached hydrogens (tertiary/aromatic N) is 4. The molecule has 0 fully saturated rings. The summed E-state index contributed by atoms with van der Waals surface area (Å²) >= 11 is 6.00. The number of nitrogens with one attached hydrogen (secondary N) is 1. The number of hydrogen-bond donors (Lipinski definition) is 1. The average molecular weight is 534 g/mol. The normalized spacial score (nSPS) is 12.4. The van der Waals surface area contributed by atoms with Gasteiger partial charge in [0.2, 0.25) is 11.8 Å². The number of benzene rings is 2. The van der Waals surface area contributed by atoms with E-state index in [4.69, 9.17) is 11.6 Å². The lowest BCUT2D eigenvalue weighted by Gasteiger charge is -2.27. The third-order valence-corrected chi connectivity index (χ3v) is 6.88. The fraction of sp³-hybridized carbons (Fsp3) is 0.310. The van der Waals surface area contributed by atoms with Gasteiger partial charge in [-0.25, -0.2) is 4.98 Å². The van der Waals surface area contributed by atoms with Crippen molar-refractivity contribution in [3.8, 4) is 0 Å². The van der Waals surface area contributed by atoms with Crippen molar-refractivity contribution in [1.82, 2.24) is 14.8 Å². The monoisotopic (exact) mass is 533 g/mol. The lowest BCUT2D eigenvalue weighted by atomic mass is 10.1. The summed E-state index contributed by atoms with van der Waals surface area (Å²) in [6.45, 7) is 7.50. The Morgan fingerprint density at radius 2 is 1.71 bits per heavy atom. The van der Waals surface area contributed by atoms with E-state index >= 15 is 0 Å². The summed E-state index contributed by atoms with van der Waals surface area (Å²) in [6.07, 6.45) is 1.64. The number of rotatable bonds is 10. The van der Waals surface area contributed by atoms with Crippen LogP contribution in [0.5, 0.6) is 0 Å². The molecule has 0 saturated carbocycles. The molecule has 1 aliphatic heterocycles. The van der Waals surface area contributed by atoms with Gasteiger partial charge < -0.3 is 10.2 Å². The van der Waals surface area contributed by atoms with Gasteiger partial charge in [-0.15, -0.1) is 0 Å². The lowest BCUT2D eigenvalue weighted by molar-refractivity contribution is -0.133. The van der Waals surface area contributed by atoms with Crippen molar-refractivity contribution in [2.24, 2.45) is 0 Å². The van der Waals surface area contributed by atoms with Gasteiger partial charge in [0, 0.05) is 50.2 Å². The molecule has 0 radical (unpaired) electrons. The first-order valence-corrected chi connectivity index (χ1v) is 13.2. The first-order chi connectivity index (χ1) is 18.4. The van der Waals surface area contributed by atoms with Crippen molar-refractivity contribution >= 4 is 46.5 Å². The quantitative estimate of drug-likeness (QED) is 0.391. The van der Waals surface area contributed by atoms with E-state index in [0.29, 0.717) is 40.9 Å². The Labute approximate surface area is 228 Å². The van der Waals surface area contributed by atoms with Gasteiger partial charge >= 0.3 is 0 Å². The third kappa shape index (κ3) is 6.38. The molecule has 4 rings (SSSR count). The Morgan fingerprint density at radius 3 is 2.45 bits per heavy atom. The number of anilines is 3. The number of para-hydroxylation sites is 1. The zero-order valence-corrected chi connectivity index (χ0v) is 22.4. The van der Waals surface area contributed by atoms with E-state index in [1.807, 2.05) is 31.2 Å². The van der Waals surface area contributed by atoms with E-state index < -0.39 is 0 Å². The lowest BCUT2D eigenvalue weighted by Crippen LogP contribution is -2.39. The van der Waals surface area contributed by atoms with Gasteiger partial charge in [0.15, 0.2) is 5.82 Å². The second-order valence-electron chi connectivity index (χ2n) is 9.04. The maximum Gasteiger partial charge on any atom is 0.257 e. The van der Waals surface area contributed by atoms with Gasteiger partial charge in [-0.05, 0) is 55.4 Å². The van der Waals surface area contributed by atoms with E-state index in [1.54, 1.807) is 47.5 Å². The van der Waals surface area contributed by atoms with E-state index in [1.165, 1.54) is 4.90 Å². The van der Waals surface area contributed by atoms with Gasteiger partial charge in [0.25, 0.3) is 5.91 Å². The number of carbonyl (C=O) groups excluding carboxylic acids is 3. The topological polar surface area (TPSA) is 85.9 Å². The molecule has 0 atom stereocenters. The predicted molar refractivity (Wildman–Crippen MR) is 150 cm³/mol. The van der Waals surface area contributed by atoms with Crippen LogP contribution in [0, 0.1) is 0 Å². The molecular formula is C29H32ClN5O3. The summed E-state index contributed by atoms with van der Waals surface area (Å²) in [4.78, 5) is 49.2. The fourth-order valence-electron chi connectivity index (χ4n) is 4.49. The molecular weight excluding hydrogens is 502 g/mol. The molecule has 198 valence electrons. The van der Waals surface area contributed by atoms with Crippen molar-refractivity contribution in [2.45, 2.75) is 33.2 Å². The zero-order chi connectivity index (χ0) is 27.1. The molecule has 8 nitrogen and oxygen atoms in total. The molecule has 2 aromatic carbocycles. The van der Waals surface area contributed by atoms with E-state index in [-0.39, 0.29) is 30.6 Å². The molecule has 3 amide bonds. The van der Waals surface area contributed by atoms with Crippen LogP contribution in [-0.4, -0.2) is 58.7 Å². The van der Waals surface area contributed by atoms with Gasteiger partial charge in [-0.3, -0.25) is 24.2 Å². The van der Waals surface area contributed by atoms with Gasteiger partial charge in [0.05, 0.1) is 16.9 Å². The Balaban J connectivity index is 1.41. The van der Waals surface area contributed by atoms with Crippen molar-refractivity contribution in [3.63, 3.8) is 0 Å². The van der Waals surface area contributed by atoms with E-state index in [0.717, 1.165) is 25.2 Å². The van der Waals surface area contributed by atoms with Crippen LogP contribution in [0.4, 0.5) is 17.2 Å². The fourth-order valence-corrected chi connectivity index (χ4v) is 4.62. The minimum absolute atomic E-state index is 0.00383. The second kappa shape index (κ2) is 12.7. The van der Waals surface area contributed by atoms with Crippen molar-refractivity contribution in [1.29, 1.82) is 0 Å². The standard InChI is InChI=1S/C29H32ClN5O3/c1-3-33(20-21-11-13-22(30)14-12-21)18-19-34(4-2)26(36)15-16-27(37)35-25-10-6-5-8-23(25)29(38)32-24-9-7-17-31-28(24)35/h5-14,17H,3-4,15-16,18-20H2,1-2H3,(H,32,38). The van der Waals surface area contributed by atoms with Gasteiger partial charge in [0.1, 0.15) is 0 Å². The number of fused-ring (bicyclic) bond motifs is 2. The molecule has 0 aliphatic carbocycles. The highest BCUT2D eigenvalue weighted by atomic mass is 35.5. The molecule has 1 aliphatic rings. The molecule has 0 spiro atoms. The molecule has 1 N–H and O–H groups in total. The summed E-state index contributed by atoms with van der Waals surface area (Å²) in [5, 5.41) is 3.54. The number of amides is 3. The number of hydrogen-bond acceptors (Lipinski definition) is 5. The molecule has 9 heteroatoms. The summed E-state index contributed by atoms with van der Waals surface area (Å²) in [7, 11) is 0. The number of likely N-dealkylation sites (N-methyl/N-ethyl adjacent to an activating group) is 2. The van der Waals surface area contributed by atoms with Gasteiger partial charge in [-0.2, -0.15) is 0 Å². The maximum atomic E-state index is 13.5. The number of pyridine rings is 1. The van der Waals surface area contributed by atoms with Crippen molar-refractivity contribution in [2.75, 3.05) is 36.4 Å². The minimum atomic E-state index is -0.308. The highest BCUT2D eigenvalue weighted by Gasteiger charge is 2.30. The summed E-state index contributed by atoms with van der Waals surface area (Å²) in [5.74, 6) is -0.341. The van der Waals surface area contributed by atoms with Crippen LogP contribution in [0.25, 0.3) is 0 Å². The molecule has 0 saturated heterocycles. The first kappa shape index (κ1) is 27.3. The molecule has 2 heterocycles. The predicted octanol–water partition coefficient (Wildman–Crippen LogP) is 5.12. The van der Waals surface area contributed by atoms with Crippen molar-refractivity contribution in [3.05, 3.63) is 83.0 Å². The van der Waals surface area contributed by atoms with Crippen LogP contribution in [0.15, 0.2) is 66.9 Å². The number of aromatic nitrogens is 1. The van der Waals surface area contributed by atoms with Crippen LogP contribution in [0.3, 0.4) is 0 Å². The third-order valence-electron chi connectivity index (χ3n) is 6.63. The first-order valence-electron chi connectivity index (χ1n) is 12.8. The number of halogens is 1. The zero-order valence-electron chi connectivity index (χ0n) is 21.7. The molecule has 38 heavy (non-hydrogen) atoms. The molecule has 3 aromatic rings. The Morgan fingerprint density at radius 1 is 0.947 bits per heavy atom. The van der Waals surface area contributed by atoms with Crippen LogP contribution in [0.2, 0.25) is 5.02 Å².